The molecular weight excluding hydrogens is 270 g/mol. The van der Waals surface area contributed by atoms with Gasteiger partial charge in [0.15, 0.2) is 0 Å². The molecule has 6 heteroatoms. The van der Waals surface area contributed by atoms with E-state index in [4.69, 9.17) is 9.84 Å². The molecule has 0 spiro atoms. The standard InChI is InChI=1S/C15H19N3O3/c1-18-14(13(9-17-18)15(19)20)10-16-7-6-11-4-3-5-12(8-11)21-2/h3-5,8-9,16H,6-7,10H2,1-2H3,(H,19,20). The molecule has 0 fully saturated rings. The number of carbonyl (C=O) groups is 1. The van der Waals surface area contributed by atoms with E-state index >= 15 is 0 Å². The number of nitrogens with one attached hydrogen (secondary N) is 1. The van der Waals surface area contributed by atoms with Crippen molar-refractivity contribution in [2.45, 2.75) is 13.0 Å². The predicted molar refractivity (Wildman–Crippen MR) is 78.6 cm³/mol. The van der Waals surface area contributed by atoms with Gasteiger partial charge in [-0.1, -0.05) is 12.1 Å². The van der Waals surface area contributed by atoms with Crippen LogP contribution in [0, 0.1) is 0 Å². The van der Waals surface area contributed by atoms with Gasteiger partial charge in [0.05, 0.1) is 19.0 Å². The number of aromatic nitrogens is 2. The molecule has 1 aromatic carbocycles. The van der Waals surface area contributed by atoms with Crippen molar-refractivity contribution in [3.05, 3.63) is 47.3 Å². The van der Waals surface area contributed by atoms with Gasteiger partial charge in [-0.05, 0) is 30.7 Å². The highest BCUT2D eigenvalue weighted by atomic mass is 16.5. The Balaban J connectivity index is 1.87. The summed E-state index contributed by atoms with van der Waals surface area (Å²) in [5.41, 5.74) is 2.09. The second kappa shape index (κ2) is 6.90. The van der Waals surface area contributed by atoms with E-state index in [0.717, 1.165) is 18.7 Å². The Morgan fingerprint density at radius 3 is 3.00 bits per heavy atom. The first-order valence-electron chi connectivity index (χ1n) is 6.69. The number of benzene rings is 1. The molecule has 1 heterocycles. The number of ether oxygens (including phenoxy) is 1. The molecular formula is C15H19N3O3. The van der Waals surface area contributed by atoms with Crippen molar-refractivity contribution in [1.29, 1.82) is 0 Å². The first-order chi connectivity index (χ1) is 10.1. The molecule has 6 nitrogen and oxygen atoms in total. The van der Waals surface area contributed by atoms with E-state index in [1.54, 1.807) is 18.8 Å². The van der Waals surface area contributed by atoms with Gasteiger partial charge >= 0.3 is 5.97 Å². The monoisotopic (exact) mass is 289 g/mol. The maximum atomic E-state index is 11.1. The highest BCUT2D eigenvalue weighted by Gasteiger charge is 2.14. The molecule has 0 unspecified atom stereocenters. The third-order valence-corrected chi connectivity index (χ3v) is 3.31. The zero-order chi connectivity index (χ0) is 15.2. The average molecular weight is 289 g/mol. The summed E-state index contributed by atoms with van der Waals surface area (Å²) in [7, 11) is 3.39. The fourth-order valence-corrected chi connectivity index (χ4v) is 2.12. The minimum absolute atomic E-state index is 0.242. The van der Waals surface area contributed by atoms with Crippen LogP contribution in [0.4, 0.5) is 0 Å². The summed E-state index contributed by atoms with van der Waals surface area (Å²) in [6.45, 7) is 1.22. The fraction of sp³-hybridized carbons (Fsp3) is 0.333. The Labute approximate surface area is 123 Å². The number of methoxy groups -OCH3 is 1. The first-order valence-corrected chi connectivity index (χ1v) is 6.69. The van der Waals surface area contributed by atoms with Crippen molar-refractivity contribution >= 4 is 5.97 Å². The number of hydrogen-bond acceptors (Lipinski definition) is 4. The third kappa shape index (κ3) is 3.82. The molecule has 2 rings (SSSR count). The van der Waals surface area contributed by atoms with Gasteiger partial charge in [0, 0.05) is 13.6 Å². The van der Waals surface area contributed by atoms with Crippen LogP contribution in [-0.2, 0) is 20.0 Å². The quantitative estimate of drug-likeness (QED) is 0.755. The van der Waals surface area contributed by atoms with Gasteiger partial charge in [-0.3, -0.25) is 4.68 Å². The van der Waals surface area contributed by atoms with Crippen molar-refractivity contribution in [3.63, 3.8) is 0 Å². The van der Waals surface area contributed by atoms with Gasteiger partial charge in [-0.25, -0.2) is 4.79 Å². The topological polar surface area (TPSA) is 76.4 Å². The molecule has 112 valence electrons. The van der Waals surface area contributed by atoms with Crippen molar-refractivity contribution in [2.75, 3.05) is 13.7 Å². The third-order valence-electron chi connectivity index (χ3n) is 3.31. The van der Waals surface area contributed by atoms with E-state index < -0.39 is 5.97 Å². The van der Waals surface area contributed by atoms with Gasteiger partial charge in [0.25, 0.3) is 0 Å². The summed E-state index contributed by atoms with van der Waals surface area (Å²) in [6.07, 6.45) is 2.22. The lowest BCUT2D eigenvalue weighted by atomic mass is 10.1. The highest BCUT2D eigenvalue weighted by molar-refractivity contribution is 5.88. The molecule has 2 aromatic rings. The normalized spacial score (nSPS) is 10.6. The van der Waals surface area contributed by atoms with Crippen LogP contribution in [-0.4, -0.2) is 34.5 Å². The van der Waals surface area contributed by atoms with Crippen LogP contribution in [0.3, 0.4) is 0 Å². The van der Waals surface area contributed by atoms with Gasteiger partial charge < -0.3 is 15.2 Å². The Kier molecular flexibility index (Phi) is 4.94. The van der Waals surface area contributed by atoms with Crippen LogP contribution in [0.25, 0.3) is 0 Å². The predicted octanol–water partition coefficient (Wildman–Crippen LogP) is 1.46. The lowest BCUT2D eigenvalue weighted by Gasteiger charge is -2.07. The Hall–Kier alpha value is -2.34. The summed E-state index contributed by atoms with van der Waals surface area (Å²) in [5.74, 6) is -0.111. The van der Waals surface area contributed by atoms with Crippen molar-refractivity contribution in [1.82, 2.24) is 15.1 Å². The SMILES string of the molecule is COc1cccc(CCNCc2c(C(=O)O)cnn2C)c1. The second-order valence-electron chi connectivity index (χ2n) is 4.71. The zero-order valence-corrected chi connectivity index (χ0v) is 12.2. The van der Waals surface area contributed by atoms with E-state index in [9.17, 15) is 4.79 Å². The van der Waals surface area contributed by atoms with Crippen LogP contribution >= 0.6 is 0 Å². The minimum atomic E-state index is -0.951. The van der Waals surface area contributed by atoms with Gasteiger partial charge in [0.2, 0.25) is 0 Å². The van der Waals surface area contributed by atoms with E-state index in [1.807, 2.05) is 24.3 Å². The summed E-state index contributed by atoms with van der Waals surface area (Å²) >= 11 is 0. The molecule has 0 saturated heterocycles. The Morgan fingerprint density at radius 1 is 1.48 bits per heavy atom. The van der Waals surface area contributed by atoms with E-state index in [-0.39, 0.29) is 5.56 Å². The lowest BCUT2D eigenvalue weighted by molar-refractivity contribution is 0.0695. The molecule has 0 aliphatic heterocycles. The van der Waals surface area contributed by atoms with Gasteiger partial charge in [-0.15, -0.1) is 0 Å². The number of rotatable bonds is 7. The molecule has 0 aliphatic carbocycles. The number of carboxylic acid groups (broad SMARTS) is 1. The number of carboxylic acids is 1. The highest BCUT2D eigenvalue weighted by Crippen LogP contribution is 2.12. The smallest absolute Gasteiger partial charge is 0.339 e. The lowest BCUT2D eigenvalue weighted by Crippen LogP contribution is -2.20. The second-order valence-corrected chi connectivity index (χ2v) is 4.71. The molecule has 0 bridgehead atoms. The molecule has 0 atom stereocenters. The van der Waals surface area contributed by atoms with Crippen molar-refractivity contribution in [3.8, 4) is 5.75 Å². The van der Waals surface area contributed by atoms with E-state index in [1.165, 1.54) is 11.8 Å². The van der Waals surface area contributed by atoms with Crippen LogP contribution in [0.5, 0.6) is 5.75 Å². The molecule has 0 saturated carbocycles. The number of aryl methyl sites for hydroxylation is 1. The van der Waals surface area contributed by atoms with Crippen LogP contribution in [0.15, 0.2) is 30.5 Å². The first kappa shape index (κ1) is 15.1. The van der Waals surface area contributed by atoms with Crippen LogP contribution in [0.2, 0.25) is 0 Å². The number of nitrogens with zero attached hydrogens (tertiary/aromatic N) is 2. The summed E-state index contributed by atoms with van der Waals surface area (Å²) in [6, 6.07) is 7.90. The fourth-order valence-electron chi connectivity index (χ4n) is 2.12. The number of aromatic carboxylic acids is 1. The summed E-state index contributed by atoms with van der Waals surface area (Å²) < 4.78 is 6.77. The molecule has 0 radical (unpaired) electrons. The Morgan fingerprint density at radius 2 is 2.29 bits per heavy atom. The van der Waals surface area contributed by atoms with E-state index in [2.05, 4.69) is 10.4 Å². The summed E-state index contributed by atoms with van der Waals surface area (Å²) in [4.78, 5) is 11.1. The van der Waals surface area contributed by atoms with Crippen LogP contribution in [0.1, 0.15) is 21.6 Å². The average Bonchev–Trinajstić information content (AvgIpc) is 2.85. The maximum absolute atomic E-state index is 11.1. The Bertz CT molecular complexity index is 622. The minimum Gasteiger partial charge on any atom is -0.497 e. The van der Waals surface area contributed by atoms with Gasteiger partial charge in [-0.2, -0.15) is 5.10 Å². The summed E-state index contributed by atoms with van der Waals surface area (Å²) in [5, 5.41) is 16.3. The largest absolute Gasteiger partial charge is 0.497 e. The number of hydrogen-bond donors (Lipinski definition) is 2. The van der Waals surface area contributed by atoms with Crippen molar-refractivity contribution < 1.29 is 14.6 Å². The molecule has 0 amide bonds. The van der Waals surface area contributed by atoms with Crippen LogP contribution < -0.4 is 10.1 Å². The van der Waals surface area contributed by atoms with Crippen molar-refractivity contribution in [2.24, 2.45) is 7.05 Å². The molecule has 2 N–H and O–H groups in total. The zero-order valence-electron chi connectivity index (χ0n) is 12.2. The molecule has 0 aliphatic rings. The van der Waals surface area contributed by atoms with E-state index in [0.29, 0.717) is 12.2 Å². The maximum Gasteiger partial charge on any atom is 0.339 e. The molecule has 21 heavy (non-hydrogen) atoms. The van der Waals surface area contributed by atoms with Gasteiger partial charge in [0.1, 0.15) is 11.3 Å². The molecule has 1 aromatic heterocycles.